The first kappa shape index (κ1) is 18.8. The van der Waals surface area contributed by atoms with Crippen LogP contribution in [0.5, 0.6) is 0 Å². The monoisotopic (exact) mass is 336 g/mol. The number of hydrogen-bond acceptors (Lipinski definition) is 3. The van der Waals surface area contributed by atoms with Crippen LogP contribution in [0.1, 0.15) is 11.1 Å². The molecule has 0 amide bonds. The van der Waals surface area contributed by atoms with Crippen molar-refractivity contribution in [2.75, 3.05) is 13.1 Å². The van der Waals surface area contributed by atoms with Gasteiger partial charge < -0.3 is 5.32 Å². The normalized spacial score (nSPS) is 10.5. The van der Waals surface area contributed by atoms with Gasteiger partial charge in [-0.3, -0.25) is 10.1 Å². The molecule has 0 aliphatic heterocycles. The summed E-state index contributed by atoms with van der Waals surface area (Å²) in [5.41, 5.74) is 1.34. The molecule has 0 unspecified atom stereocenters. The number of rotatable bonds is 7. The molecule has 0 saturated carbocycles. The Morgan fingerprint density at radius 2 is 1.83 bits per heavy atom. The summed E-state index contributed by atoms with van der Waals surface area (Å²) in [5, 5.41) is 14.0. The van der Waals surface area contributed by atoms with Crippen molar-refractivity contribution < 1.29 is 9.31 Å². The fourth-order valence-electron chi connectivity index (χ4n) is 2.09. The second-order valence-electron chi connectivity index (χ2n) is 4.76. The van der Waals surface area contributed by atoms with Gasteiger partial charge in [-0.15, -0.1) is 12.4 Å². The summed E-state index contributed by atoms with van der Waals surface area (Å²) in [6.07, 6.45) is 4.14. The van der Waals surface area contributed by atoms with Gasteiger partial charge in [0.25, 0.3) is 5.69 Å². The number of halogens is 2. The molecule has 6 heteroatoms. The molecular weight excluding hydrogens is 319 g/mol. The lowest BCUT2D eigenvalue weighted by molar-refractivity contribution is -0.385. The zero-order valence-corrected chi connectivity index (χ0v) is 13.3. The van der Waals surface area contributed by atoms with Crippen molar-refractivity contribution in [3.8, 4) is 0 Å². The zero-order chi connectivity index (χ0) is 15.8. The highest BCUT2D eigenvalue weighted by Crippen LogP contribution is 2.18. The smallest absolute Gasteiger partial charge is 0.276 e. The van der Waals surface area contributed by atoms with Gasteiger partial charge in [0.15, 0.2) is 0 Å². The van der Waals surface area contributed by atoms with Crippen LogP contribution in [0.2, 0.25) is 0 Å². The SMILES string of the molecule is Cl.O=[N+]([O-])c1ccccc1C=CCNCCc1ccccc1F. The van der Waals surface area contributed by atoms with Gasteiger partial charge in [0.2, 0.25) is 0 Å². The van der Waals surface area contributed by atoms with E-state index in [1.165, 1.54) is 12.1 Å². The predicted molar refractivity (Wildman–Crippen MR) is 92.4 cm³/mol. The van der Waals surface area contributed by atoms with Crippen LogP contribution in [0, 0.1) is 15.9 Å². The highest BCUT2D eigenvalue weighted by Gasteiger charge is 2.08. The van der Waals surface area contributed by atoms with Crippen LogP contribution in [-0.4, -0.2) is 18.0 Å². The first-order valence-electron chi connectivity index (χ1n) is 7.02. The van der Waals surface area contributed by atoms with E-state index in [-0.39, 0.29) is 23.9 Å². The third kappa shape index (κ3) is 5.81. The van der Waals surface area contributed by atoms with Gasteiger partial charge in [0, 0.05) is 12.6 Å². The Morgan fingerprint density at radius 3 is 2.57 bits per heavy atom. The molecule has 23 heavy (non-hydrogen) atoms. The highest BCUT2D eigenvalue weighted by atomic mass is 35.5. The van der Waals surface area contributed by atoms with E-state index in [9.17, 15) is 14.5 Å². The standard InChI is InChI=1S/C17H17FN2O2.ClH/c18-16-9-3-1-6-14(16)11-13-19-12-5-8-15-7-2-4-10-17(15)20(21)22;/h1-10,19H,11-13H2;1H. The first-order valence-corrected chi connectivity index (χ1v) is 7.02. The largest absolute Gasteiger partial charge is 0.313 e. The van der Waals surface area contributed by atoms with Crippen molar-refractivity contribution in [2.45, 2.75) is 6.42 Å². The maximum Gasteiger partial charge on any atom is 0.276 e. The summed E-state index contributed by atoms with van der Waals surface area (Å²) in [6, 6.07) is 13.3. The molecule has 122 valence electrons. The predicted octanol–water partition coefficient (Wildman–Crippen LogP) is 4.00. The Kier molecular flexibility index (Phi) is 7.94. The number of hydrogen-bond donors (Lipinski definition) is 1. The van der Waals surface area contributed by atoms with Crippen LogP contribution in [0.4, 0.5) is 10.1 Å². The molecule has 0 bridgehead atoms. The van der Waals surface area contributed by atoms with Crippen LogP contribution in [0.25, 0.3) is 6.08 Å². The second kappa shape index (κ2) is 9.71. The van der Waals surface area contributed by atoms with Gasteiger partial charge in [-0.1, -0.05) is 42.5 Å². The topological polar surface area (TPSA) is 55.2 Å². The van der Waals surface area contributed by atoms with Crippen molar-refractivity contribution in [1.29, 1.82) is 0 Å². The van der Waals surface area contributed by atoms with Gasteiger partial charge in [0.1, 0.15) is 5.82 Å². The van der Waals surface area contributed by atoms with Crippen molar-refractivity contribution in [3.05, 3.63) is 81.7 Å². The Labute approximate surface area is 140 Å². The van der Waals surface area contributed by atoms with E-state index in [0.29, 0.717) is 30.6 Å². The lowest BCUT2D eigenvalue weighted by Crippen LogP contribution is -2.17. The third-order valence-electron chi connectivity index (χ3n) is 3.22. The number of nitrogens with zero attached hydrogens (tertiary/aromatic N) is 1. The van der Waals surface area contributed by atoms with E-state index in [0.717, 1.165) is 0 Å². The molecule has 4 nitrogen and oxygen atoms in total. The summed E-state index contributed by atoms with van der Waals surface area (Å²) >= 11 is 0. The lowest BCUT2D eigenvalue weighted by atomic mass is 10.1. The van der Waals surface area contributed by atoms with Crippen molar-refractivity contribution in [1.82, 2.24) is 5.32 Å². The van der Waals surface area contributed by atoms with Crippen LogP contribution in [-0.2, 0) is 6.42 Å². The molecule has 0 radical (unpaired) electrons. The van der Waals surface area contributed by atoms with Gasteiger partial charge >= 0.3 is 0 Å². The fraction of sp³-hybridized carbons (Fsp3) is 0.176. The van der Waals surface area contributed by atoms with Gasteiger partial charge in [-0.25, -0.2) is 4.39 Å². The van der Waals surface area contributed by atoms with E-state index in [2.05, 4.69) is 5.32 Å². The molecule has 0 aliphatic carbocycles. The number of nitro groups is 1. The van der Waals surface area contributed by atoms with Gasteiger partial charge in [0.05, 0.1) is 10.5 Å². The molecule has 0 aliphatic rings. The quantitative estimate of drug-likeness (QED) is 0.472. The molecule has 0 heterocycles. The summed E-state index contributed by atoms with van der Waals surface area (Å²) in [6.45, 7) is 1.21. The molecule has 0 saturated heterocycles. The minimum absolute atomic E-state index is 0. The van der Waals surface area contributed by atoms with E-state index in [1.807, 2.05) is 12.1 Å². The van der Waals surface area contributed by atoms with E-state index >= 15 is 0 Å². The van der Waals surface area contributed by atoms with Crippen molar-refractivity contribution in [3.63, 3.8) is 0 Å². The van der Waals surface area contributed by atoms with Crippen LogP contribution in [0.15, 0.2) is 54.6 Å². The van der Waals surface area contributed by atoms with Gasteiger partial charge in [-0.2, -0.15) is 0 Å². The maximum absolute atomic E-state index is 13.4. The minimum atomic E-state index is -0.398. The van der Waals surface area contributed by atoms with Crippen molar-refractivity contribution >= 4 is 24.2 Å². The molecule has 1 N–H and O–H groups in total. The van der Waals surface area contributed by atoms with E-state index < -0.39 is 4.92 Å². The molecule has 2 rings (SSSR count). The molecule has 2 aromatic rings. The number of benzene rings is 2. The van der Waals surface area contributed by atoms with Crippen LogP contribution < -0.4 is 5.32 Å². The highest BCUT2D eigenvalue weighted by molar-refractivity contribution is 5.85. The molecule has 0 fully saturated rings. The Hall–Kier alpha value is -2.24. The zero-order valence-electron chi connectivity index (χ0n) is 12.4. The summed E-state index contributed by atoms with van der Waals surface area (Å²) in [5.74, 6) is -0.195. The van der Waals surface area contributed by atoms with Crippen LogP contribution >= 0.6 is 12.4 Å². The van der Waals surface area contributed by atoms with E-state index in [1.54, 1.807) is 36.4 Å². The van der Waals surface area contributed by atoms with Crippen LogP contribution in [0.3, 0.4) is 0 Å². The number of nitro benzene ring substituents is 1. The Balaban J connectivity index is 0.00000264. The summed E-state index contributed by atoms with van der Waals surface area (Å²) < 4.78 is 13.4. The Morgan fingerprint density at radius 1 is 1.13 bits per heavy atom. The molecular formula is C17H18ClFN2O2. The number of para-hydroxylation sites is 1. The Bertz CT molecular complexity index is 677. The number of nitrogens with one attached hydrogen (secondary N) is 1. The molecule has 0 atom stereocenters. The summed E-state index contributed by atoms with van der Waals surface area (Å²) in [4.78, 5) is 10.5. The first-order chi connectivity index (χ1) is 10.7. The van der Waals surface area contributed by atoms with E-state index in [4.69, 9.17) is 0 Å². The van der Waals surface area contributed by atoms with Gasteiger partial charge in [-0.05, 0) is 30.7 Å². The lowest BCUT2D eigenvalue weighted by Gasteiger charge is -2.03. The fourth-order valence-corrected chi connectivity index (χ4v) is 2.09. The molecule has 0 spiro atoms. The second-order valence-corrected chi connectivity index (χ2v) is 4.76. The minimum Gasteiger partial charge on any atom is -0.313 e. The third-order valence-corrected chi connectivity index (χ3v) is 3.22. The average molecular weight is 337 g/mol. The summed E-state index contributed by atoms with van der Waals surface area (Å²) in [7, 11) is 0. The average Bonchev–Trinajstić information content (AvgIpc) is 2.52. The molecule has 2 aromatic carbocycles. The molecule has 0 aromatic heterocycles. The van der Waals surface area contributed by atoms with Crippen molar-refractivity contribution in [2.24, 2.45) is 0 Å². The maximum atomic E-state index is 13.4.